The van der Waals surface area contributed by atoms with Crippen LogP contribution in [0.5, 0.6) is 0 Å². The van der Waals surface area contributed by atoms with Gasteiger partial charge in [0, 0.05) is 37.2 Å². The van der Waals surface area contributed by atoms with E-state index in [-0.39, 0.29) is 0 Å². The quantitative estimate of drug-likeness (QED) is 0.169. The predicted octanol–water partition coefficient (Wildman–Crippen LogP) is 14.8. The highest BCUT2D eigenvalue weighted by atomic mass is 32.1. The summed E-state index contributed by atoms with van der Waals surface area (Å²) >= 11 is 1.86. The number of hydrogen-bond acceptors (Lipinski definition) is 2. The van der Waals surface area contributed by atoms with Crippen LogP contribution in [0.2, 0.25) is 0 Å². The Bertz CT molecular complexity index is 2890. The molecule has 0 aliphatic heterocycles. The van der Waals surface area contributed by atoms with Crippen LogP contribution in [0.1, 0.15) is 0 Å². The first-order valence-electron chi connectivity index (χ1n) is 17.8. The second-order valence-electron chi connectivity index (χ2n) is 13.3. The van der Waals surface area contributed by atoms with Gasteiger partial charge in [0.15, 0.2) is 0 Å². The third kappa shape index (κ3) is 5.33. The van der Waals surface area contributed by atoms with Crippen molar-refractivity contribution in [3.63, 3.8) is 0 Å². The number of nitrogens with zero attached hydrogens (tertiary/aromatic N) is 1. The molecule has 0 amide bonds. The highest BCUT2D eigenvalue weighted by Gasteiger charge is 2.16. The molecule has 1 nitrogen and oxygen atoms in total. The van der Waals surface area contributed by atoms with Gasteiger partial charge in [0.2, 0.25) is 0 Å². The standard InChI is InChI=1S/C50H33NS/c1-3-16-43-35(10-1)12-8-19-45(43)37-24-28-41(29-25-37)51(42-30-31-48-47-18-5-6-21-49(47)52-50(48)33-42)40-26-22-34(23-27-40)38-14-7-15-39(32-38)46-20-9-13-36-11-2-4-17-44(36)46/h1-33H. The molecule has 0 bridgehead atoms. The van der Waals surface area contributed by atoms with E-state index in [1.807, 2.05) is 11.3 Å². The van der Waals surface area contributed by atoms with Gasteiger partial charge in [0.05, 0.1) is 0 Å². The first kappa shape index (κ1) is 30.4. The van der Waals surface area contributed by atoms with E-state index in [1.54, 1.807) is 0 Å². The number of hydrogen-bond donors (Lipinski definition) is 0. The minimum Gasteiger partial charge on any atom is -0.310 e. The Labute approximate surface area is 307 Å². The van der Waals surface area contributed by atoms with E-state index in [0.717, 1.165) is 17.1 Å². The molecule has 9 aromatic carbocycles. The van der Waals surface area contributed by atoms with Crippen LogP contribution in [0, 0.1) is 0 Å². The van der Waals surface area contributed by atoms with E-state index in [1.165, 1.54) is 75.1 Å². The third-order valence-electron chi connectivity index (χ3n) is 10.3. The molecule has 0 atom stereocenters. The van der Waals surface area contributed by atoms with Crippen molar-refractivity contribution in [1.82, 2.24) is 0 Å². The SMILES string of the molecule is c1cc(-c2ccc(N(c3ccc(-c4cccc5ccccc45)cc3)c3ccc4c(c3)sc3ccccc34)cc2)cc(-c2cccc3ccccc23)c1. The lowest BCUT2D eigenvalue weighted by Gasteiger charge is -2.26. The van der Waals surface area contributed by atoms with E-state index in [9.17, 15) is 0 Å². The molecule has 1 heterocycles. The zero-order valence-corrected chi connectivity index (χ0v) is 29.2. The van der Waals surface area contributed by atoms with Crippen molar-refractivity contribution in [2.75, 3.05) is 4.90 Å². The second-order valence-corrected chi connectivity index (χ2v) is 14.4. The Hall–Kier alpha value is -6.48. The normalized spacial score (nSPS) is 11.5. The Morgan fingerprint density at radius 2 is 0.788 bits per heavy atom. The zero-order valence-electron chi connectivity index (χ0n) is 28.4. The molecule has 0 saturated carbocycles. The lowest BCUT2D eigenvalue weighted by Crippen LogP contribution is -2.09. The molecule has 0 radical (unpaired) electrons. The van der Waals surface area contributed by atoms with Crippen molar-refractivity contribution in [2.24, 2.45) is 0 Å². The van der Waals surface area contributed by atoms with Crippen LogP contribution in [-0.4, -0.2) is 0 Å². The summed E-state index contributed by atoms with van der Waals surface area (Å²) in [7, 11) is 0. The van der Waals surface area contributed by atoms with Crippen molar-refractivity contribution in [1.29, 1.82) is 0 Å². The lowest BCUT2D eigenvalue weighted by atomic mass is 9.95. The van der Waals surface area contributed by atoms with Crippen LogP contribution in [0.25, 0.3) is 75.1 Å². The fourth-order valence-corrected chi connectivity index (χ4v) is 8.85. The summed E-state index contributed by atoms with van der Waals surface area (Å²) in [6.07, 6.45) is 0. The van der Waals surface area contributed by atoms with Gasteiger partial charge in [-0.2, -0.15) is 0 Å². The Kier molecular flexibility index (Phi) is 7.41. The van der Waals surface area contributed by atoms with Crippen molar-refractivity contribution in [3.05, 3.63) is 200 Å². The maximum absolute atomic E-state index is 2.38. The van der Waals surface area contributed by atoms with Gasteiger partial charge in [0.1, 0.15) is 0 Å². The Morgan fingerprint density at radius 1 is 0.288 bits per heavy atom. The highest BCUT2D eigenvalue weighted by Crippen LogP contribution is 2.42. The summed E-state index contributed by atoms with van der Waals surface area (Å²) in [6.45, 7) is 0. The average molecular weight is 680 g/mol. The largest absolute Gasteiger partial charge is 0.310 e. The van der Waals surface area contributed by atoms with Crippen molar-refractivity contribution in [3.8, 4) is 33.4 Å². The molecular formula is C50H33NS. The van der Waals surface area contributed by atoms with E-state index in [4.69, 9.17) is 0 Å². The molecule has 0 aliphatic carbocycles. The zero-order chi connectivity index (χ0) is 34.4. The first-order chi connectivity index (χ1) is 25.8. The second kappa shape index (κ2) is 12.7. The maximum atomic E-state index is 2.38. The van der Waals surface area contributed by atoms with Gasteiger partial charge in [-0.3, -0.25) is 0 Å². The summed E-state index contributed by atoms with van der Waals surface area (Å²) < 4.78 is 2.61. The molecule has 52 heavy (non-hydrogen) atoms. The van der Waals surface area contributed by atoms with E-state index >= 15 is 0 Å². The minimum absolute atomic E-state index is 1.12. The van der Waals surface area contributed by atoms with Crippen molar-refractivity contribution < 1.29 is 0 Å². The van der Waals surface area contributed by atoms with Gasteiger partial charge in [-0.25, -0.2) is 0 Å². The van der Waals surface area contributed by atoms with Gasteiger partial charge in [0.25, 0.3) is 0 Å². The number of rotatable bonds is 6. The molecule has 1 aromatic heterocycles. The van der Waals surface area contributed by atoms with Gasteiger partial charge < -0.3 is 4.90 Å². The fraction of sp³-hybridized carbons (Fsp3) is 0. The lowest BCUT2D eigenvalue weighted by molar-refractivity contribution is 1.29. The van der Waals surface area contributed by atoms with Crippen LogP contribution in [0.15, 0.2) is 200 Å². The molecule has 0 aliphatic rings. The third-order valence-corrected chi connectivity index (χ3v) is 11.4. The summed E-state index contributed by atoms with van der Waals surface area (Å²) in [5.41, 5.74) is 10.7. The van der Waals surface area contributed by atoms with E-state index in [2.05, 4.69) is 205 Å². The van der Waals surface area contributed by atoms with Crippen LogP contribution >= 0.6 is 11.3 Å². The van der Waals surface area contributed by atoms with Gasteiger partial charge in [-0.1, -0.05) is 152 Å². The predicted molar refractivity (Wildman–Crippen MR) is 225 cm³/mol. The highest BCUT2D eigenvalue weighted by molar-refractivity contribution is 7.25. The molecule has 0 unspecified atom stereocenters. The van der Waals surface area contributed by atoms with Crippen LogP contribution in [-0.2, 0) is 0 Å². The minimum atomic E-state index is 1.12. The van der Waals surface area contributed by atoms with Crippen LogP contribution < -0.4 is 4.90 Å². The summed E-state index contributed by atoms with van der Waals surface area (Å²) in [5.74, 6) is 0. The van der Waals surface area contributed by atoms with Gasteiger partial charge in [-0.15, -0.1) is 11.3 Å². The van der Waals surface area contributed by atoms with Crippen LogP contribution in [0.4, 0.5) is 17.1 Å². The molecule has 2 heteroatoms. The van der Waals surface area contributed by atoms with Gasteiger partial charge >= 0.3 is 0 Å². The first-order valence-corrected chi connectivity index (χ1v) is 18.6. The Morgan fingerprint density at radius 3 is 1.48 bits per heavy atom. The Balaban J connectivity index is 1.05. The summed E-state index contributed by atoms with van der Waals surface area (Å²) in [5, 5.41) is 7.67. The number of benzene rings is 9. The van der Waals surface area contributed by atoms with Crippen molar-refractivity contribution >= 4 is 70.1 Å². The topological polar surface area (TPSA) is 3.24 Å². The van der Waals surface area contributed by atoms with E-state index in [0.29, 0.717) is 0 Å². The van der Waals surface area contributed by atoms with Gasteiger partial charge in [-0.05, 0) is 103 Å². The molecule has 0 saturated heterocycles. The maximum Gasteiger partial charge on any atom is 0.0476 e. The molecule has 10 aromatic rings. The molecular weight excluding hydrogens is 647 g/mol. The monoisotopic (exact) mass is 679 g/mol. The fourth-order valence-electron chi connectivity index (χ4n) is 7.71. The number of anilines is 3. The van der Waals surface area contributed by atoms with Crippen LogP contribution in [0.3, 0.4) is 0 Å². The molecule has 0 fully saturated rings. The smallest absolute Gasteiger partial charge is 0.0476 e. The average Bonchev–Trinajstić information content (AvgIpc) is 3.59. The summed E-state index contributed by atoms with van der Waals surface area (Å²) in [6, 6.07) is 72.9. The molecule has 0 spiro atoms. The molecule has 244 valence electrons. The number of thiophene rings is 1. The molecule has 0 N–H and O–H groups in total. The van der Waals surface area contributed by atoms with E-state index < -0.39 is 0 Å². The van der Waals surface area contributed by atoms with Crippen molar-refractivity contribution in [2.45, 2.75) is 0 Å². The molecule has 10 rings (SSSR count). The number of fused-ring (bicyclic) bond motifs is 5. The summed E-state index contributed by atoms with van der Waals surface area (Å²) in [4.78, 5) is 2.38.